The summed E-state index contributed by atoms with van der Waals surface area (Å²) in [6.07, 6.45) is 1.68. The van der Waals surface area contributed by atoms with Gasteiger partial charge in [0, 0.05) is 12.6 Å². The van der Waals surface area contributed by atoms with Crippen molar-refractivity contribution in [2.24, 2.45) is 0 Å². The SMILES string of the molecule is COc1cccc(Cc2ncc(C(=O)O)c(N)n2)c1. The number of carboxylic acids is 1. The van der Waals surface area contributed by atoms with E-state index in [1.165, 1.54) is 6.20 Å². The Labute approximate surface area is 109 Å². The number of benzene rings is 1. The molecular weight excluding hydrogens is 246 g/mol. The van der Waals surface area contributed by atoms with Crippen LogP contribution in [0.2, 0.25) is 0 Å². The molecule has 0 spiro atoms. The van der Waals surface area contributed by atoms with E-state index < -0.39 is 5.97 Å². The van der Waals surface area contributed by atoms with Crippen molar-refractivity contribution in [3.63, 3.8) is 0 Å². The molecule has 0 saturated heterocycles. The normalized spacial score (nSPS) is 10.2. The van der Waals surface area contributed by atoms with Crippen molar-refractivity contribution >= 4 is 11.8 Å². The van der Waals surface area contributed by atoms with Gasteiger partial charge in [0.2, 0.25) is 0 Å². The van der Waals surface area contributed by atoms with E-state index in [0.29, 0.717) is 12.2 Å². The molecular formula is C13H13N3O3. The molecule has 6 heteroatoms. The van der Waals surface area contributed by atoms with Crippen molar-refractivity contribution in [2.45, 2.75) is 6.42 Å². The number of hydrogen-bond acceptors (Lipinski definition) is 5. The first kappa shape index (κ1) is 12.8. The number of anilines is 1. The molecule has 0 aliphatic carbocycles. The predicted molar refractivity (Wildman–Crippen MR) is 69.2 cm³/mol. The average molecular weight is 259 g/mol. The van der Waals surface area contributed by atoms with E-state index in [1.807, 2.05) is 24.3 Å². The van der Waals surface area contributed by atoms with Crippen molar-refractivity contribution < 1.29 is 14.6 Å². The summed E-state index contributed by atoms with van der Waals surface area (Å²) in [5.74, 6) is 0.0502. The van der Waals surface area contributed by atoms with Gasteiger partial charge >= 0.3 is 5.97 Å². The molecule has 0 aliphatic heterocycles. The number of nitrogen functional groups attached to an aromatic ring is 1. The Bertz CT molecular complexity index is 614. The summed E-state index contributed by atoms with van der Waals surface area (Å²) in [5.41, 5.74) is 6.45. The Morgan fingerprint density at radius 2 is 2.26 bits per heavy atom. The van der Waals surface area contributed by atoms with Gasteiger partial charge < -0.3 is 15.6 Å². The highest BCUT2D eigenvalue weighted by molar-refractivity contribution is 5.92. The summed E-state index contributed by atoms with van der Waals surface area (Å²) in [6.45, 7) is 0. The van der Waals surface area contributed by atoms with Crippen molar-refractivity contribution in [3.05, 3.63) is 47.4 Å². The van der Waals surface area contributed by atoms with Gasteiger partial charge in [0.25, 0.3) is 0 Å². The number of ether oxygens (including phenoxy) is 1. The predicted octanol–water partition coefficient (Wildman–Crippen LogP) is 1.36. The number of nitrogens with zero attached hydrogens (tertiary/aromatic N) is 2. The molecule has 0 fully saturated rings. The number of rotatable bonds is 4. The summed E-state index contributed by atoms with van der Waals surface area (Å²) in [6, 6.07) is 7.48. The molecule has 1 aromatic heterocycles. The van der Waals surface area contributed by atoms with E-state index >= 15 is 0 Å². The maximum absolute atomic E-state index is 10.8. The number of carbonyl (C=O) groups is 1. The lowest BCUT2D eigenvalue weighted by molar-refractivity contribution is 0.0697. The van der Waals surface area contributed by atoms with Crippen LogP contribution < -0.4 is 10.5 Å². The zero-order valence-electron chi connectivity index (χ0n) is 10.3. The standard InChI is InChI=1S/C13H13N3O3/c1-19-9-4-2-3-8(5-9)6-11-15-7-10(13(17)18)12(14)16-11/h2-5,7H,6H2,1H3,(H,17,18)(H2,14,15,16). The average Bonchev–Trinajstić information content (AvgIpc) is 2.38. The molecule has 98 valence electrons. The Morgan fingerprint density at radius 3 is 2.89 bits per heavy atom. The highest BCUT2D eigenvalue weighted by Crippen LogP contribution is 2.15. The fourth-order valence-corrected chi connectivity index (χ4v) is 1.65. The summed E-state index contributed by atoms with van der Waals surface area (Å²) >= 11 is 0. The molecule has 0 bridgehead atoms. The molecule has 19 heavy (non-hydrogen) atoms. The van der Waals surface area contributed by atoms with Gasteiger partial charge in [-0.1, -0.05) is 12.1 Å². The van der Waals surface area contributed by atoms with Gasteiger partial charge in [-0.25, -0.2) is 14.8 Å². The molecule has 6 nitrogen and oxygen atoms in total. The molecule has 2 aromatic rings. The van der Waals surface area contributed by atoms with Crippen LogP contribution in [-0.4, -0.2) is 28.2 Å². The van der Waals surface area contributed by atoms with E-state index in [1.54, 1.807) is 7.11 Å². The Balaban J connectivity index is 2.23. The minimum Gasteiger partial charge on any atom is -0.497 e. The Hall–Kier alpha value is -2.63. The van der Waals surface area contributed by atoms with Crippen LogP contribution in [0.5, 0.6) is 5.75 Å². The van der Waals surface area contributed by atoms with E-state index in [9.17, 15) is 4.79 Å². The highest BCUT2D eigenvalue weighted by Gasteiger charge is 2.11. The summed E-state index contributed by atoms with van der Waals surface area (Å²) in [5, 5.41) is 8.84. The molecule has 0 amide bonds. The van der Waals surface area contributed by atoms with Gasteiger partial charge in [-0.05, 0) is 17.7 Å². The second-order valence-electron chi connectivity index (χ2n) is 3.92. The second kappa shape index (κ2) is 5.34. The van der Waals surface area contributed by atoms with Gasteiger partial charge in [-0.2, -0.15) is 0 Å². The summed E-state index contributed by atoms with van der Waals surface area (Å²) in [7, 11) is 1.59. The van der Waals surface area contributed by atoms with Crippen LogP contribution in [0.3, 0.4) is 0 Å². The van der Waals surface area contributed by atoms with E-state index in [4.69, 9.17) is 15.6 Å². The molecule has 0 saturated carbocycles. The molecule has 0 radical (unpaired) electrons. The third-order valence-corrected chi connectivity index (χ3v) is 2.59. The summed E-state index contributed by atoms with van der Waals surface area (Å²) < 4.78 is 5.12. The first-order chi connectivity index (χ1) is 9.10. The number of hydrogen-bond donors (Lipinski definition) is 2. The van der Waals surface area contributed by atoms with Crippen molar-refractivity contribution in [1.29, 1.82) is 0 Å². The van der Waals surface area contributed by atoms with Crippen LogP contribution in [0.1, 0.15) is 21.7 Å². The number of aromatic carboxylic acids is 1. The maximum Gasteiger partial charge on any atom is 0.341 e. The van der Waals surface area contributed by atoms with Gasteiger partial charge in [0.15, 0.2) is 0 Å². The smallest absolute Gasteiger partial charge is 0.341 e. The molecule has 0 unspecified atom stereocenters. The van der Waals surface area contributed by atoms with E-state index in [0.717, 1.165) is 11.3 Å². The zero-order chi connectivity index (χ0) is 13.8. The van der Waals surface area contributed by atoms with Gasteiger partial charge in [0.05, 0.1) is 7.11 Å². The molecule has 1 aromatic carbocycles. The second-order valence-corrected chi connectivity index (χ2v) is 3.92. The molecule has 1 heterocycles. The summed E-state index contributed by atoms with van der Waals surface area (Å²) in [4.78, 5) is 18.8. The van der Waals surface area contributed by atoms with Gasteiger partial charge in [0.1, 0.15) is 23.0 Å². The van der Waals surface area contributed by atoms with Crippen LogP contribution in [-0.2, 0) is 6.42 Å². The van der Waals surface area contributed by atoms with Gasteiger partial charge in [-0.3, -0.25) is 0 Å². The lowest BCUT2D eigenvalue weighted by atomic mass is 10.1. The first-order valence-corrected chi connectivity index (χ1v) is 5.57. The minimum absolute atomic E-state index is 0.0274. The number of aromatic nitrogens is 2. The van der Waals surface area contributed by atoms with Crippen molar-refractivity contribution in [1.82, 2.24) is 9.97 Å². The Morgan fingerprint density at radius 1 is 1.47 bits per heavy atom. The molecule has 2 rings (SSSR count). The maximum atomic E-state index is 10.8. The van der Waals surface area contributed by atoms with E-state index in [-0.39, 0.29) is 11.4 Å². The van der Waals surface area contributed by atoms with E-state index in [2.05, 4.69) is 9.97 Å². The zero-order valence-corrected chi connectivity index (χ0v) is 10.3. The van der Waals surface area contributed by atoms with Crippen molar-refractivity contribution in [2.75, 3.05) is 12.8 Å². The molecule has 0 aliphatic rings. The topological polar surface area (TPSA) is 98.3 Å². The quantitative estimate of drug-likeness (QED) is 0.860. The number of carboxylic acid groups (broad SMARTS) is 1. The van der Waals surface area contributed by atoms with Crippen LogP contribution in [0.25, 0.3) is 0 Å². The fourth-order valence-electron chi connectivity index (χ4n) is 1.65. The lowest BCUT2D eigenvalue weighted by Gasteiger charge is -2.05. The van der Waals surface area contributed by atoms with Crippen LogP contribution >= 0.6 is 0 Å². The molecule has 3 N–H and O–H groups in total. The van der Waals surface area contributed by atoms with Crippen molar-refractivity contribution in [3.8, 4) is 5.75 Å². The third-order valence-electron chi connectivity index (χ3n) is 2.59. The fraction of sp³-hybridized carbons (Fsp3) is 0.154. The van der Waals surface area contributed by atoms with Crippen LogP contribution in [0.4, 0.5) is 5.82 Å². The highest BCUT2D eigenvalue weighted by atomic mass is 16.5. The first-order valence-electron chi connectivity index (χ1n) is 5.57. The van der Waals surface area contributed by atoms with Gasteiger partial charge in [-0.15, -0.1) is 0 Å². The number of nitrogens with two attached hydrogens (primary N) is 1. The monoisotopic (exact) mass is 259 g/mol. The van der Waals surface area contributed by atoms with Crippen LogP contribution in [0, 0.1) is 0 Å². The minimum atomic E-state index is -1.13. The lowest BCUT2D eigenvalue weighted by Crippen LogP contribution is -2.08. The third kappa shape index (κ3) is 2.98. The van der Waals surface area contributed by atoms with Crippen LogP contribution in [0.15, 0.2) is 30.5 Å². The molecule has 0 atom stereocenters. The Kier molecular flexibility index (Phi) is 3.61. The largest absolute Gasteiger partial charge is 0.497 e. The number of methoxy groups -OCH3 is 1.